The highest BCUT2D eigenvalue weighted by atomic mass is 79.9. The van der Waals surface area contributed by atoms with Crippen molar-refractivity contribution in [3.8, 4) is 0 Å². The third-order valence-electron chi connectivity index (χ3n) is 2.91. The van der Waals surface area contributed by atoms with Gasteiger partial charge in [-0.2, -0.15) is 0 Å². The van der Waals surface area contributed by atoms with Crippen molar-refractivity contribution in [2.45, 2.75) is 26.2 Å². The smallest absolute Gasteiger partial charge is 0.251 e. The molecule has 0 aromatic heterocycles. The topological polar surface area (TPSA) is 49.3 Å². The first-order valence-electron chi connectivity index (χ1n) is 6.42. The molecule has 1 unspecified atom stereocenters. The van der Waals surface area contributed by atoms with Gasteiger partial charge in [-0.05, 0) is 37.0 Å². The van der Waals surface area contributed by atoms with E-state index in [4.69, 9.17) is 16.7 Å². The highest BCUT2D eigenvalue weighted by Crippen LogP contribution is 2.19. The number of hydrogen-bond donors (Lipinski definition) is 2. The number of benzene rings is 1. The van der Waals surface area contributed by atoms with Gasteiger partial charge in [-0.1, -0.05) is 40.9 Å². The fourth-order valence-electron chi connectivity index (χ4n) is 1.96. The van der Waals surface area contributed by atoms with Crippen molar-refractivity contribution in [1.82, 2.24) is 5.32 Å². The maximum Gasteiger partial charge on any atom is 0.251 e. The molecule has 1 amide bonds. The molecular weight excluding hydrogens is 330 g/mol. The molecule has 1 rings (SSSR count). The van der Waals surface area contributed by atoms with Crippen molar-refractivity contribution >= 4 is 33.4 Å². The van der Waals surface area contributed by atoms with E-state index in [0.717, 1.165) is 17.3 Å². The minimum absolute atomic E-state index is 0.137. The van der Waals surface area contributed by atoms with E-state index in [1.54, 1.807) is 18.2 Å². The second kappa shape index (κ2) is 8.56. The first-order valence-corrected chi connectivity index (χ1v) is 7.59. The molecule has 2 N–H and O–H groups in total. The standard InChI is InChI=1S/C14H19BrClNO2/c1-2-3-10(4-5-18)9-17-14(19)11-6-12(15)8-13(16)7-11/h6-8,10,18H,2-5,9H2,1H3,(H,17,19). The van der Waals surface area contributed by atoms with Crippen LogP contribution in [0.3, 0.4) is 0 Å². The minimum Gasteiger partial charge on any atom is -0.396 e. The number of hydrogen-bond acceptors (Lipinski definition) is 2. The molecule has 0 saturated carbocycles. The van der Waals surface area contributed by atoms with Gasteiger partial charge in [0.1, 0.15) is 0 Å². The van der Waals surface area contributed by atoms with E-state index in [9.17, 15) is 4.79 Å². The predicted molar refractivity (Wildman–Crippen MR) is 81.6 cm³/mol. The quantitative estimate of drug-likeness (QED) is 0.790. The van der Waals surface area contributed by atoms with Crippen LogP contribution in [0.25, 0.3) is 0 Å². The summed E-state index contributed by atoms with van der Waals surface area (Å²) in [5.41, 5.74) is 0.540. The summed E-state index contributed by atoms with van der Waals surface area (Å²) in [6.45, 7) is 2.83. The average molecular weight is 349 g/mol. The van der Waals surface area contributed by atoms with Gasteiger partial charge in [-0.15, -0.1) is 0 Å². The third kappa shape index (κ3) is 5.93. The molecule has 0 aliphatic heterocycles. The van der Waals surface area contributed by atoms with E-state index in [0.29, 0.717) is 29.5 Å². The van der Waals surface area contributed by atoms with Crippen LogP contribution in [0, 0.1) is 5.92 Å². The van der Waals surface area contributed by atoms with Crippen LogP contribution in [-0.2, 0) is 0 Å². The maximum atomic E-state index is 12.0. The van der Waals surface area contributed by atoms with Crippen molar-refractivity contribution in [3.63, 3.8) is 0 Å². The summed E-state index contributed by atoms with van der Waals surface area (Å²) in [6.07, 6.45) is 2.76. The molecule has 0 heterocycles. The van der Waals surface area contributed by atoms with Crippen LogP contribution in [-0.4, -0.2) is 24.2 Å². The number of aliphatic hydroxyl groups is 1. The Morgan fingerprint density at radius 3 is 2.74 bits per heavy atom. The van der Waals surface area contributed by atoms with Gasteiger partial charge < -0.3 is 10.4 Å². The van der Waals surface area contributed by atoms with Crippen LogP contribution in [0.5, 0.6) is 0 Å². The van der Waals surface area contributed by atoms with Crippen LogP contribution in [0.4, 0.5) is 0 Å². The molecule has 3 nitrogen and oxygen atoms in total. The molecule has 0 aliphatic carbocycles. The summed E-state index contributed by atoms with van der Waals surface area (Å²) < 4.78 is 0.783. The maximum absolute atomic E-state index is 12.0. The van der Waals surface area contributed by atoms with E-state index in [-0.39, 0.29) is 12.5 Å². The number of nitrogens with one attached hydrogen (secondary N) is 1. The molecular formula is C14H19BrClNO2. The number of rotatable bonds is 7. The molecule has 1 aromatic rings. The van der Waals surface area contributed by atoms with E-state index in [1.165, 1.54) is 0 Å². The predicted octanol–water partition coefficient (Wildman–Crippen LogP) is 3.63. The lowest BCUT2D eigenvalue weighted by Crippen LogP contribution is -2.29. The lowest BCUT2D eigenvalue weighted by atomic mass is 10.00. The molecule has 0 radical (unpaired) electrons. The first-order chi connectivity index (χ1) is 9.06. The summed E-state index contributed by atoms with van der Waals surface area (Å²) in [4.78, 5) is 12.0. The van der Waals surface area contributed by atoms with Gasteiger partial charge >= 0.3 is 0 Å². The Labute approximate surface area is 127 Å². The van der Waals surface area contributed by atoms with Crippen molar-refractivity contribution in [1.29, 1.82) is 0 Å². The lowest BCUT2D eigenvalue weighted by molar-refractivity contribution is 0.0943. The average Bonchev–Trinajstić information content (AvgIpc) is 2.35. The highest BCUT2D eigenvalue weighted by Gasteiger charge is 2.11. The zero-order valence-electron chi connectivity index (χ0n) is 11.0. The Bertz CT molecular complexity index is 400. The van der Waals surface area contributed by atoms with Crippen LogP contribution in [0.2, 0.25) is 5.02 Å². The van der Waals surface area contributed by atoms with Gasteiger partial charge in [-0.25, -0.2) is 0 Å². The highest BCUT2D eigenvalue weighted by molar-refractivity contribution is 9.10. The molecule has 1 aromatic carbocycles. The van der Waals surface area contributed by atoms with Crippen LogP contribution in [0.1, 0.15) is 36.5 Å². The molecule has 0 aliphatic rings. The molecule has 1 atom stereocenters. The summed E-state index contributed by atoms with van der Waals surface area (Å²) in [5, 5.41) is 12.4. The van der Waals surface area contributed by atoms with Crippen LogP contribution < -0.4 is 5.32 Å². The zero-order valence-corrected chi connectivity index (χ0v) is 13.3. The molecule has 0 spiro atoms. The lowest BCUT2D eigenvalue weighted by Gasteiger charge is -2.15. The van der Waals surface area contributed by atoms with Gasteiger partial charge in [0.25, 0.3) is 5.91 Å². The van der Waals surface area contributed by atoms with Gasteiger partial charge in [0.15, 0.2) is 0 Å². The minimum atomic E-state index is -0.137. The second-order valence-electron chi connectivity index (χ2n) is 4.54. The molecule has 0 saturated heterocycles. The summed E-state index contributed by atoms with van der Waals surface area (Å²) in [7, 11) is 0. The van der Waals surface area contributed by atoms with Crippen LogP contribution in [0.15, 0.2) is 22.7 Å². The molecule has 0 bridgehead atoms. The van der Waals surface area contributed by atoms with Crippen molar-refractivity contribution in [3.05, 3.63) is 33.3 Å². The number of aliphatic hydroxyl groups excluding tert-OH is 1. The Morgan fingerprint density at radius 2 is 2.16 bits per heavy atom. The fraction of sp³-hybridized carbons (Fsp3) is 0.500. The summed E-state index contributed by atoms with van der Waals surface area (Å²) in [6, 6.07) is 5.12. The zero-order chi connectivity index (χ0) is 14.3. The second-order valence-corrected chi connectivity index (χ2v) is 5.89. The Kier molecular flexibility index (Phi) is 7.42. The van der Waals surface area contributed by atoms with Gasteiger partial charge in [0.2, 0.25) is 0 Å². The van der Waals surface area contributed by atoms with E-state index in [2.05, 4.69) is 28.2 Å². The summed E-state index contributed by atoms with van der Waals surface area (Å²) >= 11 is 9.23. The van der Waals surface area contributed by atoms with Crippen molar-refractivity contribution in [2.24, 2.45) is 5.92 Å². The van der Waals surface area contributed by atoms with E-state index < -0.39 is 0 Å². The van der Waals surface area contributed by atoms with Gasteiger partial charge in [0, 0.05) is 28.2 Å². The number of carbonyl (C=O) groups excluding carboxylic acids is 1. The third-order valence-corrected chi connectivity index (χ3v) is 3.59. The molecule has 0 fully saturated rings. The fourth-order valence-corrected chi connectivity index (χ4v) is 2.82. The monoisotopic (exact) mass is 347 g/mol. The van der Waals surface area contributed by atoms with E-state index in [1.807, 2.05) is 0 Å². The molecule has 5 heteroatoms. The number of carbonyl (C=O) groups is 1. The van der Waals surface area contributed by atoms with E-state index >= 15 is 0 Å². The normalized spacial score (nSPS) is 12.2. The van der Waals surface area contributed by atoms with Gasteiger partial charge in [-0.3, -0.25) is 4.79 Å². The number of amides is 1. The SMILES string of the molecule is CCCC(CCO)CNC(=O)c1cc(Cl)cc(Br)c1. The van der Waals surface area contributed by atoms with Crippen LogP contribution >= 0.6 is 27.5 Å². The Hall–Kier alpha value is -0.580. The number of halogens is 2. The molecule has 106 valence electrons. The first kappa shape index (κ1) is 16.5. The summed E-state index contributed by atoms with van der Waals surface area (Å²) in [5.74, 6) is 0.184. The van der Waals surface area contributed by atoms with Gasteiger partial charge in [0.05, 0.1) is 0 Å². The molecule has 19 heavy (non-hydrogen) atoms. The van der Waals surface area contributed by atoms with Crippen molar-refractivity contribution < 1.29 is 9.90 Å². The van der Waals surface area contributed by atoms with Crippen molar-refractivity contribution in [2.75, 3.05) is 13.2 Å². The Balaban J connectivity index is 2.58. The Morgan fingerprint density at radius 1 is 1.42 bits per heavy atom. The largest absolute Gasteiger partial charge is 0.396 e.